The van der Waals surface area contributed by atoms with Gasteiger partial charge in [-0.25, -0.2) is 4.79 Å². The van der Waals surface area contributed by atoms with Gasteiger partial charge in [-0.05, 0) is 44.2 Å². The van der Waals surface area contributed by atoms with Crippen LogP contribution in [0, 0.1) is 0 Å². The largest absolute Gasteiger partial charge is 0.481 e. The van der Waals surface area contributed by atoms with Gasteiger partial charge in [0.05, 0.1) is 6.04 Å². The van der Waals surface area contributed by atoms with Gasteiger partial charge >= 0.3 is 11.9 Å². The summed E-state index contributed by atoms with van der Waals surface area (Å²) in [6, 6.07) is -3.89. The molecule has 0 aliphatic carbocycles. The Morgan fingerprint density at radius 1 is 1.03 bits per heavy atom. The molecule has 0 aromatic rings. The summed E-state index contributed by atoms with van der Waals surface area (Å²) in [6.45, 7) is 0.674. The van der Waals surface area contributed by atoms with Crippen molar-refractivity contribution < 1.29 is 34.2 Å². The smallest absolute Gasteiger partial charge is 0.326 e. The molecule has 0 aromatic carbocycles. The number of thioether (sulfide) groups is 1. The quantitative estimate of drug-likeness (QED) is 0.152. The first-order valence-corrected chi connectivity index (χ1v) is 11.9. The molecule has 0 radical (unpaired) electrons. The number of rotatable bonds is 14. The number of hydrogen-bond acceptors (Lipinski definition) is 8. The maximum absolute atomic E-state index is 12.7. The lowest BCUT2D eigenvalue weighted by Gasteiger charge is -2.24. The molecule has 0 saturated carbocycles. The molecule has 176 valence electrons. The molecule has 1 heterocycles. The first-order valence-electron chi connectivity index (χ1n) is 9.88. The highest BCUT2D eigenvalue weighted by Crippen LogP contribution is 2.07. The van der Waals surface area contributed by atoms with Gasteiger partial charge in [0.25, 0.3) is 0 Å². The van der Waals surface area contributed by atoms with Crippen molar-refractivity contribution >= 4 is 54.1 Å². The Kier molecular flexibility index (Phi) is 12.3. The van der Waals surface area contributed by atoms with E-state index in [1.54, 1.807) is 0 Å². The topological polar surface area (TPSA) is 174 Å². The van der Waals surface area contributed by atoms with Crippen molar-refractivity contribution in [2.75, 3.05) is 24.3 Å². The van der Waals surface area contributed by atoms with E-state index < -0.39 is 53.8 Å². The number of thiol groups is 1. The minimum absolute atomic E-state index is 0.115. The third-order valence-electron chi connectivity index (χ3n) is 4.70. The number of carboxylic acids is 2. The molecule has 1 rings (SSSR count). The Hall–Kier alpha value is -1.99. The number of hydrogen-bond donors (Lipinski definition) is 7. The predicted molar refractivity (Wildman–Crippen MR) is 118 cm³/mol. The van der Waals surface area contributed by atoms with Crippen molar-refractivity contribution in [3.8, 4) is 0 Å². The summed E-state index contributed by atoms with van der Waals surface area (Å²) >= 11 is 5.48. The van der Waals surface area contributed by atoms with Crippen LogP contribution in [0.25, 0.3) is 0 Å². The van der Waals surface area contributed by atoms with Gasteiger partial charge in [-0.15, -0.1) is 0 Å². The van der Waals surface area contributed by atoms with E-state index in [4.69, 9.17) is 5.11 Å². The fraction of sp³-hybridized carbons (Fsp3) is 0.722. The molecular weight excluding hydrogens is 448 g/mol. The molecular formula is C18H30N4O7S2. The second-order valence-electron chi connectivity index (χ2n) is 7.07. The monoisotopic (exact) mass is 478 g/mol. The second kappa shape index (κ2) is 14.1. The van der Waals surface area contributed by atoms with Crippen LogP contribution >= 0.6 is 24.4 Å². The Morgan fingerprint density at radius 2 is 1.68 bits per heavy atom. The average molecular weight is 479 g/mol. The number of carboxylic acid groups (broad SMARTS) is 2. The van der Waals surface area contributed by atoms with Gasteiger partial charge in [-0.2, -0.15) is 24.4 Å². The summed E-state index contributed by atoms with van der Waals surface area (Å²) in [7, 11) is 0. The molecule has 11 nitrogen and oxygen atoms in total. The summed E-state index contributed by atoms with van der Waals surface area (Å²) in [4.78, 5) is 59.8. The highest BCUT2D eigenvalue weighted by molar-refractivity contribution is 7.98. The molecule has 0 spiro atoms. The summed E-state index contributed by atoms with van der Waals surface area (Å²) in [6.07, 6.45) is 2.92. The minimum Gasteiger partial charge on any atom is -0.481 e. The van der Waals surface area contributed by atoms with E-state index in [0.717, 1.165) is 6.42 Å². The van der Waals surface area contributed by atoms with Crippen LogP contribution in [0.3, 0.4) is 0 Å². The van der Waals surface area contributed by atoms with Gasteiger partial charge in [0, 0.05) is 12.2 Å². The zero-order valence-electron chi connectivity index (χ0n) is 17.3. The van der Waals surface area contributed by atoms with Crippen LogP contribution in [0.15, 0.2) is 0 Å². The molecule has 0 bridgehead atoms. The fourth-order valence-corrected chi connectivity index (χ4v) is 3.68. The van der Waals surface area contributed by atoms with Crippen molar-refractivity contribution in [1.82, 2.24) is 21.3 Å². The lowest BCUT2D eigenvalue weighted by atomic mass is 10.1. The Labute approximate surface area is 190 Å². The van der Waals surface area contributed by atoms with E-state index in [0.29, 0.717) is 18.7 Å². The summed E-state index contributed by atoms with van der Waals surface area (Å²) in [5, 5.41) is 28.5. The van der Waals surface area contributed by atoms with E-state index >= 15 is 0 Å². The standard InChI is InChI=1S/C18H30N4O7S2/c1-31-8-6-12(18(28)29)21-17(27)13(9-30)22-16(26)11(4-5-14(23)24)20-15(25)10-3-2-7-19-10/h10-13,19,30H,2-9H2,1H3,(H,20,25)(H,21,27)(H,22,26)(H,23,24)(H,28,29). The van der Waals surface area contributed by atoms with E-state index in [-0.39, 0.29) is 25.0 Å². The lowest BCUT2D eigenvalue weighted by molar-refractivity contribution is -0.142. The summed E-state index contributed by atoms with van der Waals surface area (Å²) < 4.78 is 0. The van der Waals surface area contributed by atoms with Crippen molar-refractivity contribution in [3.05, 3.63) is 0 Å². The fourth-order valence-electron chi connectivity index (χ4n) is 2.95. The number of amides is 3. The first kappa shape index (κ1) is 27.0. The van der Waals surface area contributed by atoms with Crippen LogP contribution in [0.2, 0.25) is 0 Å². The van der Waals surface area contributed by atoms with Crippen molar-refractivity contribution in [2.24, 2.45) is 0 Å². The lowest BCUT2D eigenvalue weighted by Crippen LogP contribution is -2.57. The molecule has 1 fully saturated rings. The van der Waals surface area contributed by atoms with Gasteiger partial charge in [-0.3, -0.25) is 19.2 Å². The predicted octanol–water partition coefficient (Wildman–Crippen LogP) is -1.17. The molecule has 1 aliphatic heterocycles. The molecule has 0 aromatic heterocycles. The Morgan fingerprint density at radius 3 is 2.19 bits per heavy atom. The molecule has 31 heavy (non-hydrogen) atoms. The van der Waals surface area contributed by atoms with Crippen molar-refractivity contribution in [1.29, 1.82) is 0 Å². The molecule has 3 amide bonds. The van der Waals surface area contributed by atoms with Crippen LogP contribution < -0.4 is 21.3 Å². The van der Waals surface area contributed by atoms with Crippen LogP contribution in [-0.4, -0.2) is 88.3 Å². The van der Waals surface area contributed by atoms with Crippen molar-refractivity contribution in [3.63, 3.8) is 0 Å². The Bertz CT molecular complexity index is 659. The number of carbonyl (C=O) groups is 5. The maximum atomic E-state index is 12.7. The molecule has 13 heteroatoms. The zero-order valence-corrected chi connectivity index (χ0v) is 19.0. The van der Waals surface area contributed by atoms with Crippen LogP contribution in [0.4, 0.5) is 0 Å². The van der Waals surface area contributed by atoms with Gasteiger partial charge in [0.1, 0.15) is 18.1 Å². The molecule has 4 atom stereocenters. The second-order valence-corrected chi connectivity index (χ2v) is 8.42. The molecule has 1 aliphatic rings. The SMILES string of the molecule is CSCCC(NC(=O)C(CS)NC(=O)C(CCC(=O)O)NC(=O)C1CCCN1)C(=O)O. The summed E-state index contributed by atoms with van der Waals surface area (Å²) in [5.74, 6) is -3.80. The van der Waals surface area contributed by atoms with Crippen LogP contribution in [0.5, 0.6) is 0 Å². The molecule has 6 N–H and O–H groups in total. The van der Waals surface area contributed by atoms with E-state index in [2.05, 4.69) is 33.9 Å². The minimum atomic E-state index is -1.19. The highest BCUT2D eigenvalue weighted by atomic mass is 32.2. The number of carbonyl (C=O) groups excluding carboxylic acids is 3. The normalized spacial score (nSPS) is 18.5. The third kappa shape index (κ3) is 9.78. The van der Waals surface area contributed by atoms with E-state index in [9.17, 15) is 29.1 Å². The number of aliphatic carboxylic acids is 2. The molecule has 1 saturated heterocycles. The van der Waals surface area contributed by atoms with E-state index in [1.165, 1.54) is 11.8 Å². The number of nitrogens with one attached hydrogen (secondary N) is 4. The third-order valence-corrected chi connectivity index (χ3v) is 5.71. The van der Waals surface area contributed by atoms with Crippen LogP contribution in [-0.2, 0) is 24.0 Å². The van der Waals surface area contributed by atoms with Crippen LogP contribution in [0.1, 0.15) is 32.1 Å². The summed E-state index contributed by atoms with van der Waals surface area (Å²) in [5.41, 5.74) is 0. The zero-order chi connectivity index (χ0) is 23.4. The first-order chi connectivity index (χ1) is 14.7. The van der Waals surface area contributed by atoms with E-state index in [1.807, 2.05) is 6.26 Å². The Balaban J connectivity index is 2.78. The van der Waals surface area contributed by atoms with Gasteiger partial charge < -0.3 is 31.5 Å². The average Bonchev–Trinajstić information content (AvgIpc) is 3.26. The maximum Gasteiger partial charge on any atom is 0.326 e. The molecule has 4 unspecified atom stereocenters. The van der Waals surface area contributed by atoms with Crippen molar-refractivity contribution in [2.45, 2.75) is 56.3 Å². The van der Waals surface area contributed by atoms with Gasteiger partial charge in [-0.1, -0.05) is 0 Å². The van der Waals surface area contributed by atoms with Gasteiger partial charge in [0.2, 0.25) is 17.7 Å². The van der Waals surface area contributed by atoms with Gasteiger partial charge in [0.15, 0.2) is 0 Å². The highest BCUT2D eigenvalue weighted by Gasteiger charge is 2.31.